The van der Waals surface area contributed by atoms with E-state index < -0.39 is 5.97 Å². The third kappa shape index (κ3) is 1.92. The van der Waals surface area contributed by atoms with Crippen LogP contribution >= 0.6 is 0 Å². The van der Waals surface area contributed by atoms with Gasteiger partial charge in [-0.1, -0.05) is 6.92 Å². The number of hydrogen-bond donors (Lipinski definition) is 1. The van der Waals surface area contributed by atoms with Gasteiger partial charge in [0, 0.05) is 6.42 Å². The van der Waals surface area contributed by atoms with Gasteiger partial charge in [-0.15, -0.1) is 0 Å². The van der Waals surface area contributed by atoms with Crippen LogP contribution in [0.1, 0.15) is 42.7 Å². The minimum Gasteiger partial charge on any atom is -0.475 e. The summed E-state index contributed by atoms with van der Waals surface area (Å²) in [4.78, 5) is 14.2. The molecule has 1 heterocycles. The summed E-state index contributed by atoms with van der Waals surface area (Å²) in [6.07, 6.45) is 4.16. The summed E-state index contributed by atoms with van der Waals surface area (Å²) in [6, 6.07) is 0. The average Bonchev–Trinajstić information content (AvgIpc) is 2.68. The summed E-state index contributed by atoms with van der Waals surface area (Å²) in [5, 5.41) is 11.9. The Morgan fingerprint density at radius 2 is 2.36 bits per heavy atom. The second-order valence-corrected chi connectivity index (χ2v) is 4.13. The van der Waals surface area contributed by atoms with Crippen LogP contribution in [0.25, 0.3) is 0 Å². The Balaban J connectivity index is 1.93. The zero-order chi connectivity index (χ0) is 10.2. The number of nitrogens with zero attached hydrogens (tertiary/aromatic N) is 2. The first-order valence-electron chi connectivity index (χ1n) is 4.65. The number of carboxylic acids is 1. The summed E-state index contributed by atoms with van der Waals surface area (Å²) >= 11 is 0. The van der Waals surface area contributed by atoms with Gasteiger partial charge < -0.3 is 9.63 Å². The van der Waals surface area contributed by atoms with Crippen LogP contribution in [-0.2, 0) is 6.42 Å². The summed E-state index contributed by atoms with van der Waals surface area (Å²) < 4.78 is 4.81. The minimum atomic E-state index is -1.14. The molecule has 2 rings (SSSR count). The maximum Gasteiger partial charge on any atom is 0.377 e. The molecular weight excluding hydrogens is 184 g/mol. The first kappa shape index (κ1) is 9.18. The van der Waals surface area contributed by atoms with E-state index in [1.54, 1.807) is 0 Å². The Morgan fingerprint density at radius 1 is 1.64 bits per heavy atom. The fraction of sp³-hybridized carbons (Fsp3) is 0.667. The van der Waals surface area contributed by atoms with Gasteiger partial charge in [-0.3, -0.25) is 0 Å². The van der Waals surface area contributed by atoms with Crippen molar-refractivity contribution in [2.75, 3.05) is 0 Å². The lowest BCUT2D eigenvalue weighted by atomic mass is 10.0. The molecule has 0 spiro atoms. The quantitative estimate of drug-likeness (QED) is 0.789. The molecule has 76 valence electrons. The lowest BCUT2D eigenvalue weighted by Crippen LogP contribution is -2.00. The van der Waals surface area contributed by atoms with Crippen LogP contribution in [0.3, 0.4) is 0 Å². The van der Waals surface area contributed by atoms with Crippen LogP contribution in [0, 0.1) is 5.41 Å². The Hall–Kier alpha value is -1.39. The number of rotatable bonds is 4. The molecule has 1 saturated carbocycles. The molecule has 1 aromatic heterocycles. The van der Waals surface area contributed by atoms with Gasteiger partial charge in [0.1, 0.15) is 0 Å². The summed E-state index contributed by atoms with van der Waals surface area (Å²) in [5.41, 5.74) is 0.428. The van der Waals surface area contributed by atoms with Gasteiger partial charge in [0.25, 0.3) is 5.82 Å². The lowest BCUT2D eigenvalue weighted by molar-refractivity contribution is 0.0680. The molecular formula is C9H12N2O3. The molecule has 5 heteroatoms. The molecule has 0 saturated heterocycles. The predicted octanol–water partition coefficient (Wildman–Crippen LogP) is 1.50. The van der Waals surface area contributed by atoms with E-state index in [1.165, 1.54) is 12.8 Å². The normalized spacial score (nSPS) is 18.1. The summed E-state index contributed by atoms with van der Waals surface area (Å²) in [6.45, 7) is 2.21. The Kier molecular flexibility index (Phi) is 2.02. The molecule has 0 aliphatic heterocycles. The smallest absolute Gasteiger partial charge is 0.377 e. The van der Waals surface area contributed by atoms with Gasteiger partial charge in [-0.05, 0) is 29.8 Å². The number of carboxylic acid groups (broad SMARTS) is 1. The number of aryl methyl sites for hydroxylation is 1. The molecule has 5 nitrogen and oxygen atoms in total. The highest BCUT2D eigenvalue weighted by atomic mass is 16.5. The van der Waals surface area contributed by atoms with Crippen molar-refractivity contribution in [1.29, 1.82) is 0 Å². The zero-order valence-corrected chi connectivity index (χ0v) is 7.99. The highest BCUT2D eigenvalue weighted by Crippen LogP contribution is 2.48. The van der Waals surface area contributed by atoms with Crippen LogP contribution in [0.2, 0.25) is 0 Å². The number of aromatic carboxylic acids is 1. The van der Waals surface area contributed by atoms with Crippen molar-refractivity contribution >= 4 is 5.97 Å². The lowest BCUT2D eigenvalue weighted by Gasteiger charge is -2.02. The Bertz CT molecular complexity index is 355. The van der Waals surface area contributed by atoms with Crippen molar-refractivity contribution in [3.8, 4) is 0 Å². The monoisotopic (exact) mass is 196 g/mol. The molecule has 1 aliphatic carbocycles. The SMILES string of the molecule is CC1(CCc2nc(C(=O)O)no2)CC1. The van der Waals surface area contributed by atoms with Gasteiger partial charge in [0.2, 0.25) is 5.89 Å². The molecule has 0 amide bonds. The van der Waals surface area contributed by atoms with Gasteiger partial charge in [0.15, 0.2) is 0 Å². The number of carbonyl (C=O) groups is 1. The van der Waals surface area contributed by atoms with Crippen molar-refractivity contribution in [2.45, 2.75) is 32.6 Å². The molecule has 1 aromatic rings. The topological polar surface area (TPSA) is 76.2 Å². The van der Waals surface area contributed by atoms with E-state index in [4.69, 9.17) is 9.63 Å². The fourth-order valence-corrected chi connectivity index (χ4v) is 1.32. The predicted molar refractivity (Wildman–Crippen MR) is 46.9 cm³/mol. The van der Waals surface area contributed by atoms with Gasteiger partial charge >= 0.3 is 5.97 Å². The van der Waals surface area contributed by atoms with Crippen LogP contribution in [0.5, 0.6) is 0 Å². The van der Waals surface area contributed by atoms with Crippen molar-refractivity contribution in [1.82, 2.24) is 10.1 Å². The second kappa shape index (κ2) is 3.08. The van der Waals surface area contributed by atoms with Crippen molar-refractivity contribution < 1.29 is 14.4 Å². The van der Waals surface area contributed by atoms with Crippen LogP contribution in [-0.4, -0.2) is 21.2 Å². The number of aromatic nitrogens is 2. The van der Waals surface area contributed by atoms with Gasteiger partial charge in [0.05, 0.1) is 0 Å². The minimum absolute atomic E-state index is 0.249. The van der Waals surface area contributed by atoms with Crippen molar-refractivity contribution in [3.63, 3.8) is 0 Å². The summed E-state index contributed by atoms with van der Waals surface area (Å²) in [5.74, 6) is -0.964. The molecule has 0 atom stereocenters. The van der Waals surface area contributed by atoms with E-state index in [9.17, 15) is 4.79 Å². The maximum atomic E-state index is 10.4. The zero-order valence-electron chi connectivity index (χ0n) is 7.99. The van der Waals surface area contributed by atoms with E-state index in [-0.39, 0.29) is 5.82 Å². The first-order valence-corrected chi connectivity index (χ1v) is 4.65. The van der Waals surface area contributed by atoms with Gasteiger partial charge in [-0.25, -0.2) is 4.79 Å². The third-order valence-electron chi connectivity index (χ3n) is 2.71. The Morgan fingerprint density at radius 3 is 2.86 bits per heavy atom. The highest BCUT2D eigenvalue weighted by Gasteiger charge is 2.36. The largest absolute Gasteiger partial charge is 0.475 e. The third-order valence-corrected chi connectivity index (χ3v) is 2.71. The van der Waals surface area contributed by atoms with E-state index in [1.807, 2.05) is 0 Å². The fourth-order valence-electron chi connectivity index (χ4n) is 1.32. The van der Waals surface area contributed by atoms with Crippen molar-refractivity contribution in [2.24, 2.45) is 5.41 Å². The molecule has 0 radical (unpaired) electrons. The molecule has 1 fully saturated rings. The average molecular weight is 196 g/mol. The Labute approximate surface area is 81.1 Å². The molecule has 0 bridgehead atoms. The number of hydrogen-bond acceptors (Lipinski definition) is 4. The molecule has 1 N–H and O–H groups in total. The summed E-state index contributed by atoms with van der Waals surface area (Å²) in [7, 11) is 0. The van der Waals surface area contributed by atoms with Gasteiger partial charge in [-0.2, -0.15) is 4.98 Å². The van der Waals surface area contributed by atoms with E-state index in [0.29, 0.717) is 17.7 Å². The van der Waals surface area contributed by atoms with E-state index >= 15 is 0 Å². The highest BCUT2D eigenvalue weighted by molar-refractivity contribution is 5.82. The second-order valence-electron chi connectivity index (χ2n) is 4.13. The first-order chi connectivity index (χ1) is 6.59. The van der Waals surface area contributed by atoms with Crippen LogP contribution in [0.4, 0.5) is 0 Å². The molecule has 1 aliphatic rings. The van der Waals surface area contributed by atoms with E-state index in [0.717, 1.165) is 6.42 Å². The maximum absolute atomic E-state index is 10.4. The van der Waals surface area contributed by atoms with Crippen LogP contribution in [0.15, 0.2) is 4.52 Å². The van der Waals surface area contributed by atoms with Crippen molar-refractivity contribution in [3.05, 3.63) is 11.7 Å². The molecule has 0 aromatic carbocycles. The standard InChI is InChI=1S/C9H12N2O3/c1-9(4-5-9)3-2-6-10-7(8(12)13)11-14-6/h2-5H2,1H3,(H,12,13). The molecule has 14 heavy (non-hydrogen) atoms. The van der Waals surface area contributed by atoms with Crippen LogP contribution < -0.4 is 0 Å². The molecule has 0 unspecified atom stereocenters. The van der Waals surface area contributed by atoms with E-state index in [2.05, 4.69) is 17.1 Å².